The standard InChI is InChI=1S/C15H22N2O/c1-11-4-5-15(10-12(11)2)16-14-6-8-17(9-7-14)13(3)18/h4-5,10,14,16H,6-9H2,1-3H3. The molecule has 0 bridgehead atoms. The Hall–Kier alpha value is -1.51. The molecule has 0 aromatic heterocycles. The molecule has 1 aliphatic rings. The number of carbonyl (C=O) groups excluding carboxylic acids is 1. The van der Waals surface area contributed by atoms with E-state index in [9.17, 15) is 4.79 Å². The topological polar surface area (TPSA) is 32.3 Å². The van der Waals surface area contributed by atoms with Gasteiger partial charge in [0.1, 0.15) is 0 Å². The van der Waals surface area contributed by atoms with Gasteiger partial charge in [0.15, 0.2) is 0 Å². The highest BCUT2D eigenvalue weighted by Crippen LogP contribution is 2.19. The zero-order valence-electron chi connectivity index (χ0n) is 11.5. The number of carbonyl (C=O) groups is 1. The van der Waals surface area contributed by atoms with Gasteiger partial charge < -0.3 is 10.2 Å². The van der Waals surface area contributed by atoms with E-state index in [2.05, 4.69) is 37.4 Å². The molecule has 1 fully saturated rings. The Kier molecular flexibility index (Phi) is 3.90. The molecule has 2 rings (SSSR count). The molecular formula is C15H22N2O. The molecule has 1 aliphatic heterocycles. The monoisotopic (exact) mass is 246 g/mol. The fourth-order valence-corrected chi connectivity index (χ4v) is 2.41. The highest BCUT2D eigenvalue weighted by Gasteiger charge is 2.20. The summed E-state index contributed by atoms with van der Waals surface area (Å²) in [5, 5.41) is 3.57. The van der Waals surface area contributed by atoms with Gasteiger partial charge in [0.05, 0.1) is 0 Å². The fraction of sp³-hybridized carbons (Fsp3) is 0.533. The predicted octanol–water partition coefficient (Wildman–Crippen LogP) is 2.73. The maximum Gasteiger partial charge on any atom is 0.219 e. The average Bonchev–Trinajstić information content (AvgIpc) is 2.34. The molecule has 0 saturated carbocycles. The normalized spacial score (nSPS) is 16.7. The first-order chi connectivity index (χ1) is 8.56. The van der Waals surface area contributed by atoms with Crippen LogP contribution >= 0.6 is 0 Å². The Morgan fingerprint density at radius 2 is 1.89 bits per heavy atom. The van der Waals surface area contributed by atoms with E-state index in [0.717, 1.165) is 25.9 Å². The summed E-state index contributed by atoms with van der Waals surface area (Å²) < 4.78 is 0. The Labute approximate surface area is 109 Å². The van der Waals surface area contributed by atoms with Crippen LogP contribution in [0.1, 0.15) is 30.9 Å². The van der Waals surface area contributed by atoms with E-state index in [4.69, 9.17) is 0 Å². The number of hydrogen-bond acceptors (Lipinski definition) is 2. The second-order valence-corrected chi connectivity index (χ2v) is 5.22. The second kappa shape index (κ2) is 5.42. The lowest BCUT2D eigenvalue weighted by atomic mass is 10.0. The number of likely N-dealkylation sites (tertiary alicyclic amines) is 1. The van der Waals surface area contributed by atoms with Crippen molar-refractivity contribution in [2.45, 2.75) is 39.7 Å². The summed E-state index contributed by atoms with van der Waals surface area (Å²) >= 11 is 0. The second-order valence-electron chi connectivity index (χ2n) is 5.22. The largest absolute Gasteiger partial charge is 0.382 e. The molecular weight excluding hydrogens is 224 g/mol. The van der Waals surface area contributed by atoms with Crippen molar-refractivity contribution in [2.75, 3.05) is 18.4 Å². The Balaban J connectivity index is 1.91. The van der Waals surface area contributed by atoms with Gasteiger partial charge >= 0.3 is 0 Å². The van der Waals surface area contributed by atoms with Crippen molar-refractivity contribution in [3.05, 3.63) is 29.3 Å². The van der Waals surface area contributed by atoms with Gasteiger partial charge in [0.25, 0.3) is 0 Å². The molecule has 0 spiro atoms. The van der Waals surface area contributed by atoms with Crippen LogP contribution in [0.4, 0.5) is 5.69 Å². The SMILES string of the molecule is CC(=O)N1CCC(Nc2ccc(C)c(C)c2)CC1. The molecule has 0 radical (unpaired) electrons. The van der Waals surface area contributed by atoms with Crippen LogP contribution in [0.15, 0.2) is 18.2 Å². The van der Waals surface area contributed by atoms with Gasteiger partial charge in [-0.1, -0.05) is 6.07 Å². The molecule has 0 unspecified atom stereocenters. The smallest absolute Gasteiger partial charge is 0.219 e. The maximum atomic E-state index is 11.3. The zero-order valence-corrected chi connectivity index (χ0v) is 11.5. The van der Waals surface area contributed by atoms with Crippen LogP contribution in [0, 0.1) is 13.8 Å². The summed E-state index contributed by atoms with van der Waals surface area (Å²) in [7, 11) is 0. The number of piperidine rings is 1. The van der Waals surface area contributed by atoms with E-state index in [-0.39, 0.29) is 5.91 Å². The van der Waals surface area contributed by atoms with Gasteiger partial charge in [0, 0.05) is 31.7 Å². The third-order valence-corrected chi connectivity index (χ3v) is 3.82. The lowest BCUT2D eigenvalue weighted by Gasteiger charge is -2.32. The number of benzene rings is 1. The summed E-state index contributed by atoms with van der Waals surface area (Å²) in [5.74, 6) is 0.194. The first-order valence-electron chi connectivity index (χ1n) is 6.65. The zero-order chi connectivity index (χ0) is 13.1. The van der Waals surface area contributed by atoms with E-state index >= 15 is 0 Å². The first kappa shape index (κ1) is 12.9. The number of anilines is 1. The summed E-state index contributed by atoms with van der Waals surface area (Å²) in [6, 6.07) is 6.98. The number of amides is 1. The van der Waals surface area contributed by atoms with Crippen molar-refractivity contribution in [1.82, 2.24) is 4.90 Å². The van der Waals surface area contributed by atoms with Crippen LogP contribution in [-0.2, 0) is 4.79 Å². The Bertz CT molecular complexity index is 434. The van der Waals surface area contributed by atoms with Crippen molar-refractivity contribution in [3.8, 4) is 0 Å². The third-order valence-electron chi connectivity index (χ3n) is 3.82. The molecule has 0 aliphatic carbocycles. The third kappa shape index (κ3) is 3.03. The number of nitrogens with one attached hydrogen (secondary N) is 1. The minimum absolute atomic E-state index is 0.194. The minimum Gasteiger partial charge on any atom is -0.382 e. The highest BCUT2D eigenvalue weighted by molar-refractivity contribution is 5.73. The van der Waals surface area contributed by atoms with E-state index in [1.54, 1.807) is 6.92 Å². The molecule has 1 amide bonds. The summed E-state index contributed by atoms with van der Waals surface area (Å²) in [6.45, 7) is 7.66. The lowest BCUT2D eigenvalue weighted by Crippen LogP contribution is -2.41. The van der Waals surface area contributed by atoms with Crippen molar-refractivity contribution < 1.29 is 4.79 Å². The van der Waals surface area contributed by atoms with Crippen molar-refractivity contribution >= 4 is 11.6 Å². The van der Waals surface area contributed by atoms with Gasteiger partial charge in [-0.3, -0.25) is 4.79 Å². The lowest BCUT2D eigenvalue weighted by molar-refractivity contribution is -0.129. The van der Waals surface area contributed by atoms with Crippen LogP contribution in [0.3, 0.4) is 0 Å². The van der Waals surface area contributed by atoms with Crippen molar-refractivity contribution in [1.29, 1.82) is 0 Å². The molecule has 1 aromatic carbocycles. The molecule has 0 atom stereocenters. The molecule has 98 valence electrons. The van der Waals surface area contributed by atoms with E-state index in [1.165, 1.54) is 16.8 Å². The minimum atomic E-state index is 0.194. The molecule has 18 heavy (non-hydrogen) atoms. The highest BCUT2D eigenvalue weighted by atomic mass is 16.2. The summed E-state index contributed by atoms with van der Waals surface area (Å²) in [6.07, 6.45) is 2.07. The summed E-state index contributed by atoms with van der Waals surface area (Å²) in [5.41, 5.74) is 3.84. The number of hydrogen-bond donors (Lipinski definition) is 1. The first-order valence-corrected chi connectivity index (χ1v) is 6.65. The molecule has 3 nitrogen and oxygen atoms in total. The van der Waals surface area contributed by atoms with Crippen molar-refractivity contribution in [3.63, 3.8) is 0 Å². The molecule has 1 heterocycles. The maximum absolute atomic E-state index is 11.3. The number of rotatable bonds is 2. The fourth-order valence-electron chi connectivity index (χ4n) is 2.41. The van der Waals surface area contributed by atoms with Gasteiger partial charge in [-0.2, -0.15) is 0 Å². The molecule has 3 heteroatoms. The molecule has 1 N–H and O–H groups in total. The van der Waals surface area contributed by atoms with E-state index in [0.29, 0.717) is 6.04 Å². The molecule has 1 saturated heterocycles. The summed E-state index contributed by atoms with van der Waals surface area (Å²) in [4.78, 5) is 13.2. The average molecular weight is 246 g/mol. The van der Waals surface area contributed by atoms with Gasteiger partial charge in [0.2, 0.25) is 5.91 Å². The number of aryl methyl sites for hydroxylation is 2. The molecule has 1 aromatic rings. The number of nitrogens with zero attached hydrogens (tertiary/aromatic N) is 1. The van der Waals surface area contributed by atoms with Crippen LogP contribution in [-0.4, -0.2) is 29.9 Å². The van der Waals surface area contributed by atoms with Crippen LogP contribution in [0.2, 0.25) is 0 Å². The van der Waals surface area contributed by atoms with Crippen LogP contribution in [0.5, 0.6) is 0 Å². The van der Waals surface area contributed by atoms with Crippen molar-refractivity contribution in [2.24, 2.45) is 0 Å². The Morgan fingerprint density at radius 1 is 1.22 bits per heavy atom. The van der Waals surface area contributed by atoms with E-state index < -0.39 is 0 Å². The van der Waals surface area contributed by atoms with Crippen LogP contribution in [0.25, 0.3) is 0 Å². The van der Waals surface area contributed by atoms with Gasteiger partial charge in [-0.15, -0.1) is 0 Å². The quantitative estimate of drug-likeness (QED) is 0.870. The van der Waals surface area contributed by atoms with Crippen LogP contribution < -0.4 is 5.32 Å². The van der Waals surface area contributed by atoms with E-state index in [1.807, 2.05) is 4.90 Å². The van der Waals surface area contributed by atoms with Gasteiger partial charge in [-0.05, 0) is 49.9 Å². The van der Waals surface area contributed by atoms with Gasteiger partial charge in [-0.25, -0.2) is 0 Å². The predicted molar refractivity (Wildman–Crippen MR) is 74.8 cm³/mol. The Morgan fingerprint density at radius 3 is 2.44 bits per heavy atom.